The average molecular weight is 319 g/mol. The van der Waals surface area contributed by atoms with Gasteiger partial charge in [-0.25, -0.2) is 0 Å². The van der Waals surface area contributed by atoms with E-state index in [-0.39, 0.29) is 5.91 Å². The fourth-order valence-electron chi connectivity index (χ4n) is 4.71. The summed E-state index contributed by atoms with van der Waals surface area (Å²) >= 11 is 0. The highest BCUT2D eigenvalue weighted by molar-refractivity contribution is 6.00. The molecule has 1 aromatic carbocycles. The summed E-state index contributed by atoms with van der Waals surface area (Å²) in [6, 6.07) is 10.6. The first-order chi connectivity index (χ1) is 11.8. The molecule has 3 saturated heterocycles. The topological polar surface area (TPSA) is 36.4 Å². The van der Waals surface area contributed by atoms with Crippen molar-refractivity contribution in [3.8, 4) is 11.1 Å². The number of benzene rings is 1. The molecule has 4 nitrogen and oxygen atoms in total. The Bertz CT molecular complexity index is 781. The second-order valence-corrected chi connectivity index (χ2v) is 7.21. The van der Waals surface area contributed by atoms with Crippen molar-refractivity contribution < 1.29 is 4.79 Å². The van der Waals surface area contributed by atoms with E-state index in [1.165, 1.54) is 37.1 Å². The van der Waals surface area contributed by atoms with E-state index in [1.807, 2.05) is 36.7 Å². The van der Waals surface area contributed by atoms with Crippen molar-refractivity contribution in [2.24, 2.45) is 5.92 Å². The zero-order valence-electron chi connectivity index (χ0n) is 13.7. The number of amides is 1. The number of aromatic nitrogens is 1. The molecule has 5 heterocycles. The van der Waals surface area contributed by atoms with Crippen LogP contribution in [0.15, 0.2) is 42.7 Å². The van der Waals surface area contributed by atoms with Gasteiger partial charge < -0.3 is 9.80 Å². The lowest BCUT2D eigenvalue weighted by molar-refractivity contribution is 0.00849. The van der Waals surface area contributed by atoms with Crippen LogP contribution in [-0.2, 0) is 6.54 Å². The van der Waals surface area contributed by atoms with Gasteiger partial charge in [-0.3, -0.25) is 9.78 Å². The minimum absolute atomic E-state index is 0.222. The fourth-order valence-corrected chi connectivity index (χ4v) is 4.71. The lowest BCUT2D eigenvalue weighted by Crippen LogP contribution is -2.57. The first-order valence-corrected chi connectivity index (χ1v) is 8.87. The Morgan fingerprint density at radius 3 is 2.46 bits per heavy atom. The zero-order valence-corrected chi connectivity index (χ0v) is 13.7. The molecule has 1 amide bonds. The molecule has 2 bridgehead atoms. The van der Waals surface area contributed by atoms with Gasteiger partial charge in [0.2, 0.25) is 0 Å². The lowest BCUT2D eigenvalue weighted by Gasteiger charge is -2.48. The van der Waals surface area contributed by atoms with Crippen LogP contribution in [0.2, 0.25) is 0 Å². The predicted molar refractivity (Wildman–Crippen MR) is 92.5 cm³/mol. The molecule has 2 aromatic rings. The van der Waals surface area contributed by atoms with E-state index in [4.69, 9.17) is 0 Å². The van der Waals surface area contributed by atoms with Gasteiger partial charge >= 0.3 is 0 Å². The summed E-state index contributed by atoms with van der Waals surface area (Å²) < 4.78 is 0. The van der Waals surface area contributed by atoms with Crippen molar-refractivity contribution in [2.45, 2.75) is 25.4 Å². The molecule has 4 aliphatic rings. The molecular weight excluding hydrogens is 298 g/mol. The molecule has 0 spiro atoms. The van der Waals surface area contributed by atoms with Crippen LogP contribution in [0.5, 0.6) is 0 Å². The van der Waals surface area contributed by atoms with Gasteiger partial charge in [-0.1, -0.05) is 12.1 Å². The van der Waals surface area contributed by atoms with Crippen molar-refractivity contribution >= 4 is 5.91 Å². The van der Waals surface area contributed by atoms with Gasteiger partial charge in [0.25, 0.3) is 5.91 Å². The summed E-state index contributed by atoms with van der Waals surface area (Å²) in [5.41, 5.74) is 4.39. The molecule has 122 valence electrons. The van der Waals surface area contributed by atoms with Crippen molar-refractivity contribution in [2.75, 3.05) is 19.6 Å². The number of hydrogen-bond acceptors (Lipinski definition) is 3. The van der Waals surface area contributed by atoms with Gasteiger partial charge in [0, 0.05) is 37.1 Å². The van der Waals surface area contributed by atoms with Crippen molar-refractivity contribution in [3.05, 3.63) is 53.9 Å². The van der Waals surface area contributed by atoms with Crippen molar-refractivity contribution in [1.29, 1.82) is 0 Å². The highest BCUT2D eigenvalue weighted by atomic mass is 16.2. The lowest BCUT2D eigenvalue weighted by atomic mass is 9.83. The predicted octanol–water partition coefficient (Wildman–Crippen LogP) is 2.80. The summed E-state index contributed by atoms with van der Waals surface area (Å²) in [5, 5.41) is 0. The number of nitrogens with zero attached hydrogens (tertiary/aromatic N) is 3. The molecule has 1 unspecified atom stereocenters. The third kappa shape index (κ3) is 2.09. The van der Waals surface area contributed by atoms with Gasteiger partial charge in [-0.15, -0.1) is 0 Å². The summed E-state index contributed by atoms with van der Waals surface area (Å²) in [4.78, 5) is 21.8. The summed E-state index contributed by atoms with van der Waals surface area (Å²) in [7, 11) is 0. The van der Waals surface area contributed by atoms with Crippen LogP contribution in [0.1, 0.15) is 28.8 Å². The number of carbonyl (C=O) groups is 1. The minimum atomic E-state index is 0.222. The Hall–Kier alpha value is -2.20. The Kier molecular flexibility index (Phi) is 3.20. The Balaban J connectivity index is 1.51. The number of pyridine rings is 1. The van der Waals surface area contributed by atoms with E-state index < -0.39 is 0 Å². The van der Waals surface area contributed by atoms with Crippen LogP contribution in [0.25, 0.3) is 11.1 Å². The standard InChI is InChI=1S/C20H21N3O/c24-20-17-3-1-2-16(14-4-8-21-9-5-14)18(17)12-23(20)19-13-22-10-6-15(19)7-11-22/h1-5,8-9,15,19H,6-7,10-13H2. The minimum Gasteiger partial charge on any atom is -0.330 e. The van der Waals surface area contributed by atoms with E-state index in [0.29, 0.717) is 12.0 Å². The van der Waals surface area contributed by atoms with E-state index in [2.05, 4.69) is 20.9 Å². The number of piperidine rings is 3. The molecule has 3 fully saturated rings. The number of carbonyl (C=O) groups excluding carboxylic acids is 1. The van der Waals surface area contributed by atoms with Crippen molar-refractivity contribution in [1.82, 2.24) is 14.8 Å². The first-order valence-electron chi connectivity index (χ1n) is 8.87. The largest absolute Gasteiger partial charge is 0.330 e. The quantitative estimate of drug-likeness (QED) is 0.854. The highest BCUT2D eigenvalue weighted by Crippen LogP contribution is 2.38. The Morgan fingerprint density at radius 1 is 1.00 bits per heavy atom. The normalized spacial score (nSPS) is 28.2. The average Bonchev–Trinajstić information content (AvgIpc) is 3.00. The highest BCUT2D eigenvalue weighted by Gasteiger charge is 2.42. The SMILES string of the molecule is O=C1c2cccc(-c3ccncc3)c2CN1C1CN2CCC1CC2. The van der Waals surface area contributed by atoms with Gasteiger partial charge in [-0.2, -0.15) is 0 Å². The van der Waals surface area contributed by atoms with Crippen LogP contribution in [0, 0.1) is 5.92 Å². The van der Waals surface area contributed by atoms with E-state index in [9.17, 15) is 4.79 Å². The maximum atomic E-state index is 13.1. The molecule has 0 N–H and O–H groups in total. The summed E-state index contributed by atoms with van der Waals surface area (Å²) in [6.07, 6.45) is 6.11. The summed E-state index contributed by atoms with van der Waals surface area (Å²) in [6.45, 7) is 4.22. The van der Waals surface area contributed by atoms with Gasteiger partial charge in [0.05, 0.1) is 0 Å². The van der Waals surface area contributed by atoms with Crippen LogP contribution < -0.4 is 0 Å². The van der Waals surface area contributed by atoms with Crippen LogP contribution in [-0.4, -0.2) is 46.4 Å². The summed E-state index contributed by atoms with van der Waals surface area (Å²) in [5.74, 6) is 0.900. The first kappa shape index (κ1) is 14.2. The molecule has 1 aromatic heterocycles. The van der Waals surface area contributed by atoms with E-state index in [0.717, 1.165) is 24.2 Å². The van der Waals surface area contributed by atoms with Gasteiger partial charge in [0.1, 0.15) is 0 Å². The smallest absolute Gasteiger partial charge is 0.254 e. The molecule has 6 rings (SSSR count). The van der Waals surface area contributed by atoms with Crippen molar-refractivity contribution in [3.63, 3.8) is 0 Å². The molecule has 1 atom stereocenters. The Labute approximate surface area is 142 Å². The molecule has 24 heavy (non-hydrogen) atoms. The molecular formula is C20H21N3O. The van der Waals surface area contributed by atoms with E-state index in [1.54, 1.807) is 0 Å². The van der Waals surface area contributed by atoms with Gasteiger partial charge in [-0.05, 0) is 66.7 Å². The maximum absolute atomic E-state index is 13.1. The maximum Gasteiger partial charge on any atom is 0.254 e. The number of fused-ring (bicyclic) bond motifs is 4. The fraction of sp³-hybridized carbons (Fsp3) is 0.400. The van der Waals surface area contributed by atoms with Gasteiger partial charge in [0.15, 0.2) is 0 Å². The number of rotatable bonds is 2. The zero-order chi connectivity index (χ0) is 16.1. The molecule has 4 heteroatoms. The molecule has 4 aliphatic heterocycles. The second kappa shape index (κ2) is 5.42. The molecule has 0 aliphatic carbocycles. The third-order valence-electron chi connectivity index (χ3n) is 6.01. The molecule has 0 saturated carbocycles. The second-order valence-electron chi connectivity index (χ2n) is 7.21. The molecule has 0 radical (unpaired) electrons. The third-order valence-corrected chi connectivity index (χ3v) is 6.01. The van der Waals surface area contributed by atoms with E-state index >= 15 is 0 Å². The van der Waals surface area contributed by atoms with Crippen LogP contribution in [0.4, 0.5) is 0 Å². The Morgan fingerprint density at radius 2 is 1.75 bits per heavy atom. The van der Waals surface area contributed by atoms with Crippen LogP contribution in [0.3, 0.4) is 0 Å². The monoisotopic (exact) mass is 319 g/mol. The number of hydrogen-bond donors (Lipinski definition) is 0. The van der Waals surface area contributed by atoms with Crippen LogP contribution >= 0.6 is 0 Å².